The Labute approximate surface area is 131 Å². The molecule has 0 spiro atoms. The number of benzene rings is 2. The molecular formula is C17H21BO4. The normalized spacial score (nSPS) is 12.5. The van der Waals surface area contributed by atoms with Crippen molar-refractivity contribution in [3.8, 4) is 5.75 Å². The highest BCUT2D eigenvalue weighted by Crippen LogP contribution is 2.16. The molecule has 0 atom stereocenters. The molecular weight excluding hydrogens is 279 g/mol. The van der Waals surface area contributed by atoms with Gasteiger partial charge in [0.25, 0.3) is 0 Å². The van der Waals surface area contributed by atoms with E-state index in [1.807, 2.05) is 24.3 Å². The first-order valence-corrected chi connectivity index (χ1v) is 7.44. The lowest BCUT2D eigenvalue weighted by Crippen LogP contribution is -2.28. The van der Waals surface area contributed by atoms with Crippen molar-refractivity contribution in [2.24, 2.45) is 0 Å². The highest BCUT2D eigenvalue weighted by Gasteiger charge is 2.29. The van der Waals surface area contributed by atoms with Gasteiger partial charge in [0.1, 0.15) is 5.75 Å². The second kappa shape index (κ2) is 8.58. The molecule has 5 heteroatoms. The zero-order chi connectivity index (χ0) is 15.8. The number of rotatable bonds is 4. The Kier molecular flexibility index (Phi) is 6.46. The summed E-state index contributed by atoms with van der Waals surface area (Å²) in [5.41, 5.74) is 2.62. The molecule has 0 aromatic heterocycles. The van der Waals surface area contributed by atoms with Crippen LogP contribution in [0.4, 0.5) is 0 Å². The van der Waals surface area contributed by atoms with Gasteiger partial charge in [-0.3, -0.25) is 0 Å². The van der Waals surface area contributed by atoms with Crippen molar-refractivity contribution in [1.82, 2.24) is 0 Å². The molecule has 4 nitrogen and oxygen atoms in total. The maximum atomic E-state index is 9.26. The minimum absolute atomic E-state index is 0.104. The van der Waals surface area contributed by atoms with Gasteiger partial charge in [0.05, 0.1) is 13.2 Å². The standard InChI is InChI=1S/C10H14O.C7H7BO3/c1-2-8-11-9-10-6-4-3-5-7-10;9-6-3-1-2-5-4-11-8(10)7(5)6/h3-7H,2,8-9H2,1H3;1-3,9-10H,4H2. The molecule has 22 heavy (non-hydrogen) atoms. The summed E-state index contributed by atoms with van der Waals surface area (Å²) >= 11 is 0. The lowest BCUT2D eigenvalue weighted by molar-refractivity contribution is 0.121. The molecule has 1 aliphatic heterocycles. The van der Waals surface area contributed by atoms with Crippen molar-refractivity contribution < 1.29 is 19.5 Å². The van der Waals surface area contributed by atoms with Crippen LogP contribution in [0.25, 0.3) is 0 Å². The van der Waals surface area contributed by atoms with E-state index in [0.717, 1.165) is 25.2 Å². The number of phenols is 1. The van der Waals surface area contributed by atoms with E-state index in [9.17, 15) is 10.1 Å². The number of ether oxygens (including phenoxy) is 1. The fraction of sp³-hybridized carbons (Fsp3) is 0.294. The SMILES string of the molecule is CCCOCc1ccccc1.OB1OCc2cccc(O)c21. The van der Waals surface area contributed by atoms with Gasteiger partial charge in [-0.2, -0.15) is 0 Å². The van der Waals surface area contributed by atoms with Crippen LogP contribution in [0.15, 0.2) is 48.5 Å². The summed E-state index contributed by atoms with van der Waals surface area (Å²) in [4.78, 5) is 0. The third kappa shape index (κ3) is 4.60. The topological polar surface area (TPSA) is 58.9 Å². The van der Waals surface area contributed by atoms with E-state index in [-0.39, 0.29) is 5.75 Å². The van der Waals surface area contributed by atoms with Gasteiger partial charge in [-0.25, -0.2) is 0 Å². The molecule has 0 saturated carbocycles. The first kappa shape index (κ1) is 16.6. The average molecular weight is 300 g/mol. The second-order valence-electron chi connectivity index (χ2n) is 5.05. The van der Waals surface area contributed by atoms with E-state index in [4.69, 9.17) is 9.39 Å². The van der Waals surface area contributed by atoms with Gasteiger partial charge in [0.2, 0.25) is 0 Å². The van der Waals surface area contributed by atoms with E-state index >= 15 is 0 Å². The van der Waals surface area contributed by atoms with Gasteiger partial charge in [0.15, 0.2) is 0 Å². The fourth-order valence-corrected chi connectivity index (χ4v) is 2.17. The molecule has 0 radical (unpaired) electrons. The Morgan fingerprint density at radius 2 is 1.91 bits per heavy atom. The minimum atomic E-state index is -0.953. The molecule has 2 aromatic rings. The average Bonchev–Trinajstić information content (AvgIpc) is 2.92. The largest absolute Gasteiger partial charge is 0.508 e. The smallest absolute Gasteiger partial charge is 0.495 e. The molecule has 0 aliphatic carbocycles. The van der Waals surface area contributed by atoms with Crippen molar-refractivity contribution >= 4 is 12.6 Å². The molecule has 3 rings (SSSR count). The molecule has 0 saturated heterocycles. The van der Waals surface area contributed by atoms with Crippen LogP contribution in [-0.2, 0) is 22.6 Å². The van der Waals surface area contributed by atoms with E-state index in [1.165, 1.54) is 11.6 Å². The maximum absolute atomic E-state index is 9.26. The van der Waals surface area contributed by atoms with Crippen molar-refractivity contribution in [3.63, 3.8) is 0 Å². The number of hydrogen-bond acceptors (Lipinski definition) is 4. The Morgan fingerprint density at radius 3 is 2.59 bits per heavy atom. The summed E-state index contributed by atoms with van der Waals surface area (Å²) in [5, 5.41) is 18.4. The summed E-state index contributed by atoms with van der Waals surface area (Å²) in [6, 6.07) is 15.3. The number of phenolic OH excluding ortho intramolecular Hbond substituents is 1. The van der Waals surface area contributed by atoms with Gasteiger partial charge in [0, 0.05) is 12.1 Å². The molecule has 0 unspecified atom stereocenters. The monoisotopic (exact) mass is 300 g/mol. The molecule has 0 fully saturated rings. The van der Waals surface area contributed by atoms with Crippen LogP contribution in [0.2, 0.25) is 0 Å². The van der Waals surface area contributed by atoms with E-state index in [0.29, 0.717) is 12.1 Å². The van der Waals surface area contributed by atoms with Gasteiger partial charge in [-0.15, -0.1) is 0 Å². The summed E-state index contributed by atoms with van der Waals surface area (Å²) in [7, 11) is -0.953. The quantitative estimate of drug-likeness (QED) is 0.671. The third-order valence-corrected chi connectivity index (χ3v) is 3.28. The Balaban J connectivity index is 0.000000160. The summed E-state index contributed by atoms with van der Waals surface area (Å²) in [6.45, 7) is 4.10. The predicted molar refractivity (Wildman–Crippen MR) is 86.9 cm³/mol. The lowest BCUT2D eigenvalue weighted by Gasteiger charge is -2.00. The van der Waals surface area contributed by atoms with Crippen molar-refractivity contribution in [2.75, 3.05) is 6.61 Å². The highest BCUT2D eigenvalue weighted by molar-refractivity contribution is 6.62. The Hall–Kier alpha value is -1.82. The van der Waals surface area contributed by atoms with Crippen LogP contribution < -0.4 is 5.46 Å². The van der Waals surface area contributed by atoms with Gasteiger partial charge < -0.3 is 19.5 Å². The van der Waals surface area contributed by atoms with Crippen molar-refractivity contribution in [3.05, 3.63) is 59.7 Å². The molecule has 2 N–H and O–H groups in total. The van der Waals surface area contributed by atoms with Crippen LogP contribution in [-0.4, -0.2) is 23.9 Å². The minimum Gasteiger partial charge on any atom is -0.508 e. The lowest BCUT2D eigenvalue weighted by atomic mass is 9.79. The zero-order valence-electron chi connectivity index (χ0n) is 12.7. The molecule has 0 bridgehead atoms. The molecule has 1 heterocycles. The number of fused-ring (bicyclic) bond motifs is 1. The van der Waals surface area contributed by atoms with E-state index in [1.54, 1.807) is 6.07 Å². The van der Waals surface area contributed by atoms with Gasteiger partial charge in [-0.1, -0.05) is 49.4 Å². The summed E-state index contributed by atoms with van der Waals surface area (Å²) in [5.74, 6) is 0.104. The number of hydrogen-bond donors (Lipinski definition) is 2. The van der Waals surface area contributed by atoms with Gasteiger partial charge in [-0.05, 0) is 23.6 Å². The predicted octanol–water partition coefficient (Wildman–Crippen LogP) is 2.22. The first-order chi connectivity index (χ1) is 10.7. The van der Waals surface area contributed by atoms with Crippen LogP contribution >= 0.6 is 0 Å². The first-order valence-electron chi connectivity index (χ1n) is 7.44. The van der Waals surface area contributed by atoms with Crippen LogP contribution in [0.1, 0.15) is 24.5 Å². The van der Waals surface area contributed by atoms with Crippen molar-refractivity contribution in [2.45, 2.75) is 26.6 Å². The van der Waals surface area contributed by atoms with E-state index in [2.05, 4.69) is 19.1 Å². The maximum Gasteiger partial charge on any atom is 0.495 e. The second-order valence-corrected chi connectivity index (χ2v) is 5.05. The highest BCUT2D eigenvalue weighted by atomic mass is 16.5. The van der Waals surface area contributed by atoms with Gasteiger partial charge >= 0.3 is 7.12 Å². The Morgan fingerprint density at radius 1 is 1.14 bits per heavy atom. The van der Waals surface area contributed by atoms with Crippen LogP contribution in [0.5, 0.6) is 5.75 Å². The van der Waals surface area contributed by atoms with Crippen LogP contribution in [0, 0.1) is 0 Å². The molecule has 1 aliphatic rings. The van der Waals surface area contributed by atoms with Crippen LogP contribution in [0.3, 0.4) is 0 Å². The molecule has 0 amide bonds. The number of aromatic hydroxyl groups is 1. The fourth-order valence-electron chi connectivity index (χ4n) is 2.17. The Bertz CT molecular complexity index is 574. The van der Waals surface area contributed by atoms with E-state index < -0.39 is 7.12 Å². The molecule has 116 valence electrons. The zero-order valence-corrected chi connectivity index (χ0v) is 12.7. The summed E-state index contributed by atoms with van der Waals surface area (Å²) < 4.78 is 10.3. The third-order valence-electron chi connectivity index (χ3n) is 3.28. The molecule has 2 aromatic carbocycles. The summed E-state index contributed by atoms with van der Waals surface area (Å²) in [6.07, 6.45) is 1.09. The van der Waals surface area contributed by atoms with Crippen molar-refractivity contribution in [1.29, 1.82) is 0 Å².